The Balaban J connectivity index is 2.51. The molecule has 0 amide bonds. The van der Waals surface area contributed by atoms with Gasteiger partial charge in [-0.3, -0.25) is 4.79 Å². The van der Waals surface area contributed by atoms with E-state index in [1.807, 2.05) is 30.3 Å². The van der Waals surface area contributed by atoms with E-state index < -0.39 is 0 Å². The summed E-state index contributed by atoms with van der Waals surface area (Å²) in [7, 11) is 0. The van der Waals surface area contributed by atoms with Gasteiger partial charge in [0.2, 0.25) is 5.56 Å². The Bertz CT molecular complexity index is 546. The van der Waals surface area contributed by atoms with Crippen molar-refractivity contribution in [2.24, 2.45) is 5.73 Å². The van der Waals surface area contributed by atoms with Gasteiger partial charge in [-0.15, -0.1) is 0 Å². The van der Waals surface area contributed by atoms with Gasteiger partial charge in [0.1, 0.15) is 0 Å². The molecule has 0 radical (unpaired) electrons. The van der Waals surface area contributed by atoms with Crippen molar-refractivity contribution in [1.29, 1.82) is 0 Å². The minimum Gasteiger partial charge on any atom is -0.326 e. The van der Waals surface area contributed by atoms with Crippen LogP contribution < -0.4 is 11.3 Å². The number of nitrogens with one attached hydrogen (secondary N) is 1. The number of pyridine rings is 1. The van der Waals surface area contributed by atoms with E-state index in [1.165, 1.54) is 6.07 Å². The molecule has 0 saturated heterocycles. The van der Waals surface area contributed by atoms with Crippen LogP contribution in [0.4, 0.5) is 0 Å². The van der Waals surface area contributed by atoms with E-state index in [-0.39, 0.29) is 5.56 Å². The summed E-state index contributed by atoms with van der Waals surface area (Å²) in [4.78, 5) is 14.2. The highest BCUT2D eigenvalue weighted by Gasteiger charge is 2.01. The van der Waals surface area contributed by atoms with Crippen molar-refractivity contribution in [2.75, 3.05) is 0 Å². The van der Waals surface area contributed by atoms with Crippen LogP contribution in [0.1, 0.15) is 5.56 Å². The second kappa shape index (κ2) is 4.63. The molecule has 1 aromatic carbocycles. The van der Waals surface area contributed by atoms with Gasteiger partial charge in [-0.2, -0.15) is 0 Å². The Morgan fingerprint density at radius 1 is 1.19 bits per heavy atom. The number of H-pyrrole nitrogens is 1. The first-order valence-corrected chi connectivity index (χ1v) is 5.67. The average molecular weight is 279 g/mol. The molecule has 2 aromatic rings. The second-order valence-corrected chi connectivity index (χ2v) is 4.39. The molecule has 0 spiro atoms. The van der Waals surface area contributed by atoms with Gasteiger partial charge in [-0.05, 0) is 29.3 Å². The van der Waals surface area contributed by atoms with Crippen LogP contribution in [0, 0.1) is 0 Å². The second-order valence-electron chi connectivity index (χ2n) is 3.48. The van der Waals surface area contributed by atoms with Crippen molar-refractivity contribution in [3.8, 4) is 11.3 Å². The number of halogens is 1. The molecule has 0 atom stereocenters. The molecule has 1 aromatic heterocycles. The zero-order valence-corrected chi connectivity index (χ0v) is 10.1. The molecule has 4 heteroatoms. The summed E-state index contributed by atoms with van der Waals surface area (Å²) in [6.45, 7) is 0.369. The number of aromatic nitrogens is 1. The Labute approximate surface area is 101 Å². The predicted octanol–water partition coefficient (Wildman–Crippen LogP) is 2.26. The lowest BCUT2D eigenvalue weighted by Gasteiger charge is -2.03. The summed E-state index contributed by atoms with van der Waals surface area (Å²) in [5, 5.41) is 0. The van der Waals surface area contributed by atoms with E-state index in [9.17, 15) is 4.79 Å². The number of aromatic amines is 1. The molecule has 3 N–H and O–H groups in total. The van der Waals surface area contributed by atoms with Crippen LogP contribution in [0.5, 0.6) is 0 Å². The minimum absolute atomic E-state index is 0.124. The van der Waals surface area contributed by atoms with Crippen LogP contribution in [0.3, 0.4) is 0 Å². The Morgan fingerprint density at radius 3 is 2.50 bits per heavy atom. The van der Waals surface area contributed by atoms with E-state index in [0.29, 0.717) is 6.54 Å². The van der Waals surface area contributed by atoms with Crippen molar-refractivity contribution < 1.29 is 0 Å². The maximum atomic E-state index is 11.4. The van der Waals surface area contributed by atoms with Crippen molar-refractivity contribution >= 4 is 15.9 Å². The fourth-order valence-corrected chi connectivity index (χ4v) is 1.77. The highest BCUT2D eigenvalue weighted by atomic mass is 79.9. The summed E-state index contributed by atoms with van der Waals surface area (Å²) in [5.74, 6) is 0. The Morgan fingerprint density at radius 2 is 1.88 bits per heavy atom. The molecule has 82 valence electrons. The maximum Gasteiger partial charge on any atom is 0.248 e. The van der Waals surface area contributed by atoms with Gasteiger partial charge in [0.15, 0.2) is 0 Å². The van der Waals surface area contributed by atoms with Crippen LogP contribution in [0.25, 0.3) is 11.3 Å². The summed E-state index contributed by atoms with van der Waals surface area (Å²) in [6.07, 6.45) is 0. The van der Waals surface area contributed by atoms with Gasteiger partial charge < -0.3 is 10.7 Å². The lowest BCUT2D eigenvalue weighted by atomic mass is 10.1. The number of hydrogen-bond acceptors (Lipinski definition) is 2. The molecule has 16 heavy (non-hydrogen) atoms. The molecular formula is C12H11BrN2O. The molecule has 0 fully saturated rings. The molecule has 0 bridgehead atoms. The average Bonchev–Trinajstić information content (AvgIpc) is 2.29. The van der Waals surface area contributed by atoms with E-state index >= 15 is 0 Å². The van der Waals surface area contributed by atoms with Crippen molar-refractivity contribution in [3.63, 3.8) is 0 Å². The summed E-state index contributed by atoms with van der Waals surface area (Å²) in [5.41, 5.74) is 8.00. The van der Waals surface area contributed by atoms with Gasteiger partial charge in [-0.1, -0.05) is 28.1 Å². The Kier molecular flexibility index (Phi) is 3.22. The first-order chi connectivity index (χ1) is 7.69. The van der Waals surface area contributed by atoms with E-state index in [2.05, 4.69) is 20.9 Å². The third kappa shape index (κ3) is 2.40. The zero-order valence-electron chi connectivity index (χ0n) is 8.53. The SMILES string of the molecule is NCc1cc(-c2ccc(Br)cc2)[nH]c(=O)c1. The van der Waals surface area contributed by atoms with Gasteiger partial charge in [0.05, 0.1) is 0 Å². The van der Waals surface area contributed by atoms with Crippen LogP contribution >= 0.6 is 15.9 Å². The third-order valence-corrected chi connectivity index (χ3v) is 2.82. The van der Waals surface area contributed by atoms with Gasteiger partial charge in [-0.25, -0.2) is 0 Å². The quantitative estimate of drug-likeness (QED) is 0.885. The Hall–Kier alpha value is -1.39. The monoisotopic (exact) mass is 278 g/mol. The van der Waals surface area contributed by atoms with Crippen molar-refractivity contribution in [1.82, 2.24) is 4.98 Å². The van der Waals surface area contributed by atoms with Crippen LogP contribution in [0.15, 0.2) is 45.7 Å². The summed E-state index contributed by atoms with van der Waals surface area (Å²) in [6, 6.07) is 11.2. The van der Waals surface area contributed by atoms with Crippen molar-refractivity contribution in [3.05, 3.63) is 56.8 Å². The fourth-order valence-electron chi connectivity index (χ4n) is 1.50. The molecule has 0 unspecified atom stereocenters. The lowest BCUT2D eigenvalue weighted by molar-refractivity contribution is 1.05. The van der Waals surface area contributed by atoms with Crippen LogP contribution in [-0.2, 0) is 6.54 Å². The maximum absolute atomic E-state index is 11.4. The number of rotatable bonds is 2. The van der Waals surface area contributed by atoms with Gasteiger partial charge in [0, 0.05) is 22.8 Å². The minimum atomic E-state index is -0.124. The smallest absolute Gasteiger partial charge is 0.248 e. The van der Waals surface area contributed by atoms with Crippen LogP contribution in [0.2, 0.25) is 0 Å². The van der Waals surface area contributed by atoms with Crippen molar-refractivity contribution in [2.45, 2.75) is 6.54 Å². The number of nitrogens with two attached hydrogens (primary N) is 1. The predicted molar refractivity (Wildman–Crippen MR) is 68.1 cm³/mol. The molecule has 0 aliphatic rings. The molecular weight excluding hydrogens is 268 g/mol. The first-order valence-electron chi connectivity index (χ1n) is 4.88. The first kappa shape index (κ1) is 11.1. The van der Waals surface area contributed by atoms with Gasteiger partial charge in [0.25, 0.3) is 0 Å². The highest BCUT2D eigenvalue weighted by Crippen LogP contribution is 2.19. The molecule has 1 heterocycles. The molecule has 0 aliphatic heterocycles. The number of hydrogen-bond donors (Lipinski definition) is 2. The molecule has 0 aliphatic carbocycles. The molecule has 3 nitrogen and oxygen atoms in total. The third-order valence-electron chi connectivity index (χ3n) is 2.30. The fraction of sp³-hybridized carbons (Fsp3) is 0.0833. The lowest BCUT2D eigenvalue weighted by Crippen LogP contribution is -2.09. The normalized spacial score (nSPS) is 10.4. The highest BCUT2D eigenvalue weighted by molar-refractivity contribution is 9.10. The summed E-state index contributed by atoms with van der Waals surface area (Å²) >= 11 is 3.37. The number of benzene rings is 1. The largest absolute Gasteiger partial charge is 0.326 e. The van der Waals surface area contributed by atoms with E-state index in [0.717, 1.165) is 21.3 Å². The standard InChI is InChI=1S/C12H11BrN2O/c13-10-3-1-9(2-4-10)11-5-8(7-14)6-12(16)15-11/h1-6H,7,14H2,(H,15,16). The van der Waals surface area contributed by atoms with Crippen LogP contribution in [-0.4, -0.2) is 4.98 Å². The summed E-state index contributed by atoms with van der Waals surface area (Å²) < 4.78 is 1.01. The van der Waals surface area contributed by atoms with E-state index in [1.54, 1.807) is 0 Å². The topological polar surface area (TPSA) is 58.9 Å². The zero-order chi connectivity index (χ0) is 11.5. The molecule has 0 saturated carbocycles. The van der Waals surface area contributed by atoms with E-state index in [4.69, 9.17) is 5.73 Å². The van der Waals surface area contributed by atoms with Gasteiger partial charge >= 0.3 is 0 Å². The molecule has 2 rings (SSSR count).